The van der Waals surface area contributed by atoms with Crippen LogP contribution in [-0.2, 0) is 14.4 Å². The number of alkyl halides is 8. The molecule has 0 spiro atoms. The summed E-state index contributed by atoms with van der Waals surface area (Å²) >= 11 is 18.0. The van der Waals surface area contributed by atoms with E-state index in [0.29, 0.717) is 88.6 Å². The van der Waals surface area contributed by atoms with Crippen LogP contribution in [0.25, 0.3) is 67.3 Å². The summed E-state index contributed by atoms with van der Waals surface area (Å²) in [6.07, 6.45) is 2.50. The van der Waals surface area contributed by atoms with Crippen LogP contribution in [0.15, 0.2) is 86.2 Å². The van der Waals surface area contributed by atoms with Crippen LogP contribution in [0.3, 0.4) is 0 Å². The number of aromatic amines is 3. The number of hydrogen-bond donors (Lipinski definition) is 9. The number of H-pyrrole nitrogens is 3. The zero-order chi connectivity index (χ0) is 62.0. The van der Waals surface area contributed by atoms with Gasteiger partial charge in [-0.25, -0.2) is 53.6 Å². The molecule has 22 nitrogen and oxygen atoms in total. The lowest BCUT2D eigenvalue weighted by Crippen LogP contribution is -2.55. The number of anilines is 3. The average molecular weight is 1270 g/mol. The predicted octanol–water partition coefficient (Wildman–Crippen LogP) is 12.3. The predicted molar refractivity (Wildman–Crippen MR) is 321 cm³/mol. The SMILES string of the molecule is CC(C)(Nc1ccnc(-c2c[nH]c3ncc(Cl)cc23)n1)C(=O)NCC(F)F.CC(C)[C@@](C)(Nc1ccnc(-c2c[nH]c3ncc(Cl)cc23)n1)C(=O)NCC(F)(F)F.CC[C@@H](Nc1ncnc(-c2c[nH]c3ncc(Cl)cc23)n1)C(=O)NCC(F)(F)F.[HH].[HH].[HH].[HH].[HH].[HH].[HH].[HH]. The van der Waals surface area contributed by atoms with Gasteiger partial charge in [0, 0.05) is 93.8 Å². The molecular weight excluding hydrogens is 1200 g/mol. The highest BCUT2D eigenvalue weighted by Crippen LogP contribution is 2.32. The van der Waals surface area contributed by atoms with Crippen LogP contribution in [-0.4, -0.2) is 138 Å². The summed E-state index contributed by atoms with van der Waals surface area (Å²) in [6, 6.07) is 7.37. The van der Waals surface area contributed by atoms with E-state index in [1.165, 1.54) is 44.2 Å². The zero-order valence-electron chi connectivity index (χ0n) is 45.5. The lowest BCUT2D eigenvalue weighted by Gasteiger charge is -2.34. The Labute approximate surface area is 504 Å². The van der Waals surface area contributed by atoms with Crippen LogP contribution in [0.2, 0.25) is 15.1 Å². The van der Waals surface area contributed by atoms with Gasteiger partial charge < -0.3 is 46.9 Å². The van der Waals surface area contributed by atoms with E-state index in [1.807, 2.05) is 10.6 Å². The molecule has 0 aromatic carbocycles. The third kappa shape index (κ3) is 17.0. The molecule has 9 N–H and O–H groups in total. The lowest BCUT2D eigenvalue weighted by atomic mass is 9.87. The maximum atomic E-state index is 12.5. The van der Waals surface area contributed by atoms with Crippen molar-refractivity contribution in [2.24, 2.45) is 5.92 Å². The van der Waals surface area contributed by atoms with E-state index in [-0.39, 0.29) is 29.7 Å². The molecule has 9 aromatic heterocycles. The van der Waals surface area contributed by atoms with Gasteiger partial charge in [0.25, 0.3) is 6.43 Å². The van der Waals surface area contributed by atoms with Gasteiger partial charge in [-0.1, -0.05) is 55.6 Å². The Kier molecular flexibility index (Phi) is 20.3. The molecule has 0 saturated heterocycles. The molecule has 0 aliphatic heterocycles. The molecule has 9 rings (SSSR count). The number of carbonyl (C=O) groups is 3. The fourth-order valence-corrected chi connectivity index (χ4v) is 8.25. The Hall–Kier alpha value is -8.64. The molecule has 0 radical (unpaired) electrons. The highest BCUT2D eigenvalue weighted by atomic mass is 35.5. The molecule has 85 heavy (non-hydrogen) atoms. The van der Waals surface area contributed by atoms with E-state index < -0.39 is 73.3 Å². The molecule has 3 amide bonds. The summed E-state index contributed by atoms with van der Waals surface area (Å²) in [7, 11) is 0. The summed E-state index contributed by atoms with van der Waals surface area (Å²) in [5, 5.41) is 18.2. The van der Waals surface area contributed by atoms with E-state index in [0.717, 1.165) is 5.39 Å². The van der Waals surface area contributed by atoms with Gasteiger partial charge in [0.1, 0.15) is 65.1 Å². The first kappa shape index (κ1) is 63.9. The van der Waals surface area contributed by atoms with Crippen molar-refractivity contribution >= 4 is 103 Å². The fourth-order valence-electron chi connectivity index (χ4n) is 7.78. The minimum atomic E-state index is -4.50. The van der Waals surface area contributed by atoms with Crippen molar-refractivity contribution in [1.29, 1.82) is 0 Å². The minimum Gasteiger partial charge on any atom is -0.356 e. The standard InChI is InChI=1S/C19H20ClF3N6O.C17H17ClF2N6O.C16H15ClF3N7O.8H2/c1-10(2)18(3,17(30)27-9-19(21,22)23)29-14-4-5-24-16(28-14)13-8-26-15-12(13)6-11(20)7-25-15;1-17(2,16(27)24-8-12(19)20)26-13-3-4-21-15(25-13)11-7-23-14-10(11)5-9(18)6-22-14;1-2-11(14(28)23-6-16(18,19)20)26-15-25-7-24-13(27-15)10-5-22-12-9(10)3-8(17)4-21-12;;;;;;;;/h4-8,10H,9H2,1-3H3,(H,25,26)(H,27,30)(H,24,28,29);3-7,12H,8H2,1-2H3,(H,22,23)(H,24,27)(H,21,25,26);3-5,7,11H,2,6H2,1H3,(H,21,22)(H,23,28)(H,24,25,26,27);8*1H/t18-;;11-;;;;;;;;/m1.1......../s1. The average Bonchev–Trinajstić information content (AvgIpc) is 1.74. The second-order valence-electron chi connectivity index (χ2n) is 19.5. The van der Waals surface area contributed by atoms with Crippen molar-refractivity contribution in [2.75, 3.05) is 35.6 Å². The van der Waals surface area contributed by atoms with Crippen molar-refractivity contribution in [1.82, 2.24) is 80.7 Å². The Morgan fingerprint density at radius 2 is 1.05 bits per heavy atom. The Morgan fingerprint density at radius 1 is 0.600 bits per heavy atom. The molecule has 466 valence electrons. The molecule has 9 aromatic rings. The van der Waals surface area contributed by atoms with Crippen LogP contribution >= 0.6 is 34.8 Å². The monoisotopic (exact) mass is 1260 g/mol. The van der Waals surface area contributed by atoms with Gasteiger partial charge in [-0.3, -0.25) is 14.4 Å². The van der Waals surface area contributed by atoms with Crippen molar-refractivity contribution in [3.63, 3.8) is 0 Å². The lowest BCUT2D eigenvalue weighted by molar-refractivity contribution is -0.141. The second-order valence-corrected chi connectivity index (χ2v) is 20.8. The first-order valence-electron chi connectivity index (χ1n) is 25.4. The van der Waals surface area contributed by atoms with Crippen molar-refractivity contribution in [2.45, 2.75) is 83.9 Å². The van der Waals surface area contributed by atoms with Crippen LogP contribution < -0.4 is 31.9 Å². The molecule has 0 aliphatic rings. The summed E-state index contributed by atoms with van der Waals surface area (Å²) in [5.74, 6) is -0.712. The summed E-state index contributed by atoms with van der Waals surface area (Å²) in [5.41, 5.74) is 1.32. The summed E-state index contributed by atoms with van der Waals surface area (Å²) < 4.78 is 99.1. The highest BCUT2D eigenvalue weighted by Gasteiger charge is 2.39. The Bertz CT molecular complexity index is 3840. The van der Waals surface area contributed by atoms with Crippen LogP contribution in [0.4, 0.5) is 52.7 Å². The number of amides is 3. The number of pyridine rings is 3. The number of fused-ring (bicyclic) bond motifs is 3. The molecular formula is C52H68Cl3F8N19O3. The quantitative estimate of drug-likeness (QED) is 0.0361. The highest BCUT2D eigenvalue weighted by molar-refractivity contribution is 6.32. The number of hydrogen-bond acceptors (Lipinski definition) is 16. The maximum absolute atomic E-state index is 12.5. The topological polar surface area (TPSA) is 300 Å². The number of rotatable bonds is 18. The van der Waals surface area contributed by atoms with E-state index in [9.17, 15) is 49.5 Å². The van der Waals surface area contributed by atoms with Crippen molar-refractivity contribution in [3.05, 3.63) is 101 Å². The smallest absolute Gasteiger partial charge is 0.356 e. The second kappa shape index (κ2) is 26.9. The van der Waals surface area contributed by atoms with E-state index in [1.54, 1.807) is 83.5 Å². The van der Waals surface area contributed by atoms with Crippen LogP contribution in [0, 0.1) is 5.92 Å². The molecule has 2 atom stereocenters. The van der Waals surface area contributed by atoms with E-state index in [4.69, 9.17) is 34.8 Å². The maximum Gasteiger partial charge on any atom is 0.405 e. The van der Waals surface area contributed by atoms with Gasteiger partial charge in [-0.15, -0.1) is 0 Å². The Balaban J connectivity index is 0. The number of nitrogens with zero attached hydrogens (tertiary/aromatic N) is 10. The minimum absolute atomic E-state index is 0. The largest absolute Gasteiger partial charge is 0.405 e. The molecule has 9 heterocycles. The van der Waals surface area contributed by atoms with Gasteiger partial charge in [0.15, 0.2) is 17.5 Å². The normalized spacial score (nSPS) is 12.9. The van der Waals surface area contributed by atoms with Gasteiger partial charge in [0.05, 0.1) is 21.6 Å². The molecule has 0 aliphatic carbocycles. The zero-order valence-corrected chi connectivity index (χ0v) is 47.8. The fraction of sp³-hybridized carbons (Fsp3) is 0.327. The van der Waals surface area contributed by atoms with Crippen molar-refractivity contribution < 1.29 is 60.9 Å². The molecule has 0 unspecified atom stereocenters. The first-order valence-corrected chi connectivity index (χ1v) is 26.5. The third-order valence-electron chi connectivity index (χ3n) is 12.5. The van der Waals surface area contributed by atoms with Gasteiger partial charge in [-0.2, -0.15) is 31.3 Å². The summed E-state index contributed by atoms with van der Waals surface area (Å²) in [6.45, 7) is 6.27. The Morgan fingerprint density at radius 3 is 1.48 bits per heavy atom. The molecule has 0 bridgehead atoms. The summed E-state index contributed by atoms with van der Waals surface area (Å²) in [4.78, 5) is 87.8. The number of carbonyl (C=O) groups excluding carboxylic acids is 3. The number of halogens is 11. The molecule has 0 fully saturated rings. The third-order valence-corrected chi connectivity index (χ3v) is 13.1. The van der Waals surface area contributed by atoms with Gasteiger partial charge in [0.2, 0.25) is 23.7 Å². The van der Waals surface area contributed by atoms with Crippen molar-refractivity contribution in [3.8, 4) is 34.2 Å². The van der Waals surface area contributed by atoms with Gasteiger partial charge >= 0.3 is 12.4 Å². The van der Waals surface area contributed by atoms with Crippen LogP contribution in [0.1, 0.15) is 59.4 Å². The number of nitrogens with one attached hydrogen (secondary N) is 9. The van der Waals surface area contributed by atoms with E-state index in [2.05, 4.69) is 86.1 Å². The molecule has 0 saturated carbocycles. The van der Waals surface area contributed by atoms with Crippen LogP contribution in [0.5, 0.6) is 0 Å². The first-order chi connectivity index (χ1) is 40.0. The molecule has 33 heteroatoms. The van der Waals surface area contributed by atoms with Gasteiger partial charge in [-0.05, 0) is 63.4 Å². The van der Waals surface area contributed by atoms with E-state index >= 15 is 0 Å². The number of aromatic nitrogens is 13.